The molecule has 1 aromatic heterocycles. The third-order valence-electron chi connectivity index (χ3n) is 5.58. The van der Waals surface area contributed by atoms with Gasteiger partial charge in [0.15, 0.2) is 0 Å². The van der Waals surface area contributed by atoms with Crippen molar-refractivity contribution >= 4 is 17.7 Å². The zero-order chi connectivity index (χ0) is 18.0. The number of hydrogen-bond acceptors (Lipinski definition) is 5. The maximum absolute atomic E-state index is 11.6. The molecule has 25 heavy (non-hydrogen) atoms. The van der Waals surface area contributed by atoms with Crippen LogP contribution >= 0.6 is 0 Å². The summed E-state index contributed by atoms with van der Waals surface area (Å²) >= 11 is 0. The van der Waals surface area contributed by atoms with Crippen molar-refractivity contribution in [3.05, 3.63) is 23.9 Å². The lowest BCUT2D eigenvalue weighted by molar-refractivity contribution is -0.142. The second kappa shape index (κ2) is 7.00. The first-order valence-corrected chi connectivity index (χ1v) is 8.92. The van der Waals surface area contributed by atoms with Crippen LogP contribution in [0.1, 0.15) is 43.0 Å². The van der Waals surface area contributed by atoms with Crippen molar-refractivity contribution in [1.82, 2.24) is 9.88 Å². The van der Waals surface area contributed by atoms with Crippen molar-refractivity contribution in [1.29, 1.82) is 0 Å². The first kappa shape index (κ1) is 17.7. The summed E-state index contributed by atoms with van der Waals surface area (Å²) in [7, 11) is 0. The Balaban J connectivity index is 1.72. The molecular formula is C18H26N4O3. The van der Waals surface area contributed by atoms with Crippen LogP contribution in [0.3, 0.4) is 0 Å². The van der Waals surface area contributed by atoms with Crippen LogP contribution in [0.15, 0.2) is 18.3 Å². The van der Waals surface area contributed by atoms with E-state index in [0.29, 0.717) is 17.8 Å². The zero-order valence-corrected chi connectivity index (χ0v) is 14.6. The molecule has 1 aromatic rings. The normalized spacial score (nSPS) is 23.1. The second-order valence-corrected chi connectivity index (χ2v) is 7.25. The molecular weight excluding hydrogens is 320 g/mol. The molecule has 0 saturated carbocycles. The Morgan fingerprint density at radius 1 is 1.40 bits per heavy atom. The molecule has 2 saturated heterocycles. The van der Waals surface area contributed by atoms with Crippen molar-refractivity contribution in [2.45, 2.75) is 38.6 Å². The Kier molecular flexibility index (Phi) is 4.94. The highest BCUT2D eigenvalue weighted by Gasteiger charge is 2.47. The number of likely N-dealkylation sites (tertiary alicyclic amines) is 1. The third-order valence-corrected chi connectivity index (χ3v) is 5.58. The quantitative estimate of drug-likeness (QED) is 0.834. The van der Waals surface area contributed by atoms with E-state index in [9.17, 15) is 14.7 Å². The van der Waals surface area contributed by atoms with E-state index in [1.165, 1.54) is 0 Å². The van der Waals surface area contributed by atoms with Crippen LogP contribution in [0.25, 0.3) is 0 Å². The van der Waals surface area contributed by atoms with Gasteiger partial charge in [-0.25, -0.2) is 4.98 Å². The molecule has 2 aliphatic rings. The predicted molar refractivity (Wildman–Crippen MR) is 94.5 cm³/mol. The topological polar surface area (TPSA) is 99.8 Å². The van der Waals surface area contributed by atoms with Gasteiger partial charge in [-0.15, -0.1) is 0 Å². The third kappa shape index (κ3) is 3.46. The van der Waals surface area contributed by atoms with Gasteiger partial charge in [-0.05, 0) is 49.8 Å². The monoisotopic (exact) mass is 346 g/mol. The molecule has 2 fully saturated rings. The number of pyridine rings is 1. The van der Waals surface area contributed by atoms with Crippen molar-refractivity contribution in [2.75, 3.05) is 31.1 Å². The number of anilines is 1. The van der Waals surface area contributed by atoms with Crippen LogP contribution in [0.2, 0.25) is 0 Å². The van der Waals surface area contributed by atoms with E-state index in [4.69, 9.17) is 5.73 Å². The van der Waals surface area contributed by atoms with Crippen LogP contribution in [0, 0.1) is 5.41 Å². The van der Waals surface area contributed by atoms with Crippen LogP contribution in [0.5, 0.6) is 0 Å². The lowest BCUT2D eigenvalue weighted by Crippen LogP contribution is -2.42. The van der Waals surface area contributed by atoms with Crippen molar-refractivity contribution in [3.63, 3.8) is 0 Å². The standard InChI is InChI=1S/C18H26N4O3/c1-2-8-22-12-18(11-14(22)17(24)25)5-9-21(10-6-18)16-13(15(19)23)4-3-7-20-16/h3-4,7,14H,2,5-6,8-12H2,1H3,(H2,19,23)(H,24,25). The molecule has 1 unspecified atom stereocenters. The number of amides is 1. The van der Waals surface area contributed by atoms with Crippen molar-refractivity contribution in [3.8, 4) is 0 Å². The van der Waals surface area contributed by atoms with Crippen LogP contribution in [-0.4, -0.2) is 59.1 Å². The number of aliphatic carboxylic acids is 1. The molecule has 3 heterocycles. The number of piperidine rings is 1. The van der Waals surface area contributed by atoms with Crippen molar-refractivity contribution in [2.24, 2.45) is 11.1 Å². The number of carbonyl (C=O) groups is 2. The molecule has 0 aromatic carbocycles. The minimum absolute atomic E-state index is 0.0520. The van der Waals surface area contributed by atoms with E-state index in [-0.39, 0.29) is 11.5 Å². The molecule has 3 rings (SSSR count). The smallest absolute Gasteiger partial charge is 0.320 e. The van der Waals surface area contributed by atoms with E-state index in [1.54, 1.807) is 18.3 Å². The SMILES string of the molecule is CCCN1CC2(CCN(c3ncccc3C(N)=O)CC2)CC1C(=O)O. The molecule has 0 aliphatic carbocycles. The average molecular weight is 346 g/mol. The average Bonchev–Trinajstić information content (AvgIpc) is 2.94. The lowest BCUT2D eigenvalue weighted by atomic mass is 9.76. The fraction of sp³-hybridized carbons (Fsp3) is 0.611. The van der Waals surface area contributed by atoms with Gasteiger partial charge < -0.3 is 15.7 Å². The highest BCUT2D eigenvalue weighted by atomic mass is 16.4. The summed E-state index contributed by atoms with van der Waals surface area (Å²) in [5.41, 5.74) is 5.96. The number of nitrogens with zero attached hydrogens (tertiary/aromatic N) is 3. The zero-order valence-electron chi connectivity index (χ0n) is 14.6. The highest BCUT2D eigenvalue weighted by Crippen LogP contribution is 2.44. The second-order valence-electron chi connectivity index (χ2n) is 7.25. The first-order valence-electron chi connectivity index (χ1n) is 8.92. The van der Waals surface area contributed by atoms with Gasteiger partial charge in [0.1, 0.15) is 11.9 Å². The molecule has 3 N–H and O–H groups in total. The summed E-state index contributed by atoms with van der Waals surface area (Å²) < 4.78 is 0. The summed E-state index contributed by atoms with van der Waals surface area (Å²) in [6.07, 6.45) is 5.16. The van der Waals surface area contributed by atoms with Gasteiger partial charge in [-0.1, -0.05) is 6.92 Å². The largest absolute Gasteiger partial charge is 0.480 e. The summed E-state index contributed by atoms with van der Waals surface area (Å²) in [4.78, 5) is 31.8. The summed E-state index contributed by atoms with van der Waals surface area (Å²) in [5, 5.41) is 9.54. The minimum atomic E-state index is -0.714. The van der Waals surface area contributed by atoms with Gasteiger partial charge in [0, 0.05) is 25.8 Å². The van der Waals surface area contributed by atoms with Gasteiger partial charge in [0.05, 0.1) is 5.56 Å². The Bertz CT molecular complexity index is 655. The molecule has 7 nitrogen and oxygen atoms in total. The number of carboxylic acid groups (broad SMARTS) is 1. The summed E-state index contributed by atoms with van der Waals surface area (Å²) in [5.74, 6) is -0.541. The number of hydrogen-bond donors (Lipinski definition) is 2. The van der Waals surface area contributed by atoms with Gasteiger partial charge >= 0.3 is 5.97 Å². The van der Waals surface area contributed by atoms with Gasteiger partial charge in [-0.3, -0.25) is 14.5 Å². The van der Waals surface area contributed by atoms with Gasteiger partial charge in [-0.2, -0.15) is 0 Å². The van der Waals surface area contributed by atoms with E-state index >= 15 is 0 Å². The number of nitrogens with two attached hydrogens (primary N) is 1. The maximum atomic E-state index is 11.6. The van der Waals surface area contributed by atoms with E-state index in [0.717, 1.165) is 45.4 Å². The van der Waals surface area contributed by atoms with E-state index < -0.39 is 11.9 Å². The Morgan fingerprint density at radius 3 is 2.72 bits per heavy atom. The number of carbonyl (C=O) groups excluding carboxylic acids is 1. The summed E-state index contributed by atoms with van der Waals surface area (Å²) in [6, 6.07) is 3.04. The molecule has 1 spiro atoms. The Labute approximate surface area is 147 Å². The lowest BCUT2D eigenvalue weighted by Gasteiger charge is -2.40. The molecule has 0 radical (unpaired) electrons. The maximum Gasteiger partial charge on any atom is 0.320 e. The molecule has 136 valence electrons. The molecule has 1 amide bonds. The predicted octanol–water partition coefficient (Wildman–Crippen LogP) is 1.34. The Hall–Kier alpha value is -2.15. The molecule has 1 atom stereocenters. The van der Waals surface area contributed by atoms with Gasteiger partial charge in [0.2, 0.25) is 0 Å². The van der Waals surface area contributed by atoms with Crippen LogP contribution in [-0.2, 0) is 4.79 Å². The number of rotatable bonds is 5. The van der Waals surface area contributed by atoms with Crippen LogP contribution < -0.4 is 10.6 Å². The fourth-order valence-corrected chi connectivity index (χ4v) is 4.31. The van der Waals surface area contributed by atoms with E-state index in [1.807, 2.05) is 0 Å². The number of aromatic nitrogens is 1. The summed E-state index contributed by atoms with van der Waals surface area (Å²) in [6.45, 7) is 5.29. The highest BCUT2D eigenvalue weighted by molar-refractivity contribution is 5.97. The number of primary amides is 1. The molecule has 7 heteroatoms. The molecule has 2 aliphatic heterocycles. The minimum Gasteiger partial charge on any atom is -0.480 e. The van der Waals surface area contributed by atoms with Gasteiger partial charge in [0.25, 0.3) is 5.91 Å². The molecule has 0 bridgehead atoms. The first-order chi connectivity index (χ1) is 12.0. The number of carboxylic acids is 1. The van der Waals surface area contributed by atoms with Crippen molar-refractivity contribution < 1.29 is 14.7 Å². The van der Waals surface area contributed by atoms with E-state index in [2.05, 4.69) is 21.7 Å². The van der Waals surface area contributed by atoms with Crippen LogP contribution in [0.4, 0.5) is 5.82 Å². The fourth-order valence-electron chi connectivity index (χ4n) is 4.31. The Morgan fingerprint density at radius 2 is 2.12 bits per heavy atom.